The van der Waals surface area contributed by atoms with Crippen molar-refractivity contribution in [1.29, 1.82) is 0 Å². The van der Waals surface area contributed by atoms with E-state index in [0.29, 0.717) is 31.8 Å². The van der Waals surface area contributed by atoms with Crippen LogP contribution >= 0.6 is 0 Å². The molecule has 9 heteroatoms. The van der Waals surface area contributed by atoms with Gasteiger partial charge in [0, 0.05) is 13.1 Å². The maximum atomic E-state index is 12.6. The lowest BCUT2D eigenvalue weighted by Gasteiger charge is -2.38. The number of aromatic nitrogens is 2. The highest BCUT2D eigenvalue weighted by Crippen LogP contribution is 2.41. The van der Waals surface area contributed by atoms with Crippen LogP contribution in [0.2, 0.25) is 0 Å². The highest BCUT2D eigenvalue weighted by Gasteiger charge is 2.43. The molecule has 0 radical (unpaired) electrons. The molecule has 1 fully saturated rings. The van der Waals surface area contributed by atoms with E-state index in [-0.39, 0.29) is 10.9 Å². The highest BCUT2D eigenvalue weighted by molar-refractivity contribution is 7.86. The van der Waals surface area contributed by atoms with Crippen LogP contribution in [0, 0.1) is 6.92 Å². The zero-order valence-corrected chi connectivity index (χ0v) is 16.8. The Balaban J connectivity index is 1.55. The van der Waals surface area contributed by atoms with Crippen LogP contribution in [0.4, 0.5) is 6.01 Å². The average Bonchev–Trinajstić information content (AvgIpc) is 3.16. The van der Waals surface area contributed by atoms with Crippen LogP contribution in [0.5, 0.6) is 0 Å². The standard InChI is InChI=1S/C20H22N4O4S/c1-15-7-9-17(10-8-15)29(25,26)28-24-13-11-20(12-14-24,16-5-3-2-4-6-16)18-22-23-19(21)27-18/h2-10H,11-14H2,1H3,(H2,21,23). The number of aryl methyl sites for hydroxylation is 1. The molecule has 1 aliphatic heterocycles. The van der Waals surface area contributed by atoms with Gasteiger partial charge in [-0.15, -0.1) is 5.10 Å². The summed E-state index contributed by atoms with van der Waals surface area (Å²) in [4.78, 5) is 0.132. The van der Waals surface area contributed by atoms with E-state index in [1.165, 1.54) is 5.06 Å². The molecule has 0 amide bonds. The summed E-state index contributed by atoms with van der Waals surface area (Å²) in [5, 5.41) is 9.40. The van der Waals surface area contributed by atoms with Gasteiger partial charge in [-0.1, -0.05) is 53.1 Å². The summed E-state index contributed by atoms with van der Waals surface area (Å²) in [6.45, 7) is 2.65. The summed E-state index contributed by atoms with van der Waals surface area (Å²) in [5.74, 6) is 0.433. The number of nitrogens with two attached hydrogens (primary N) is 1. The van der Waals surface area contributed by atoms with Crippen molar-refractivity contribution in [3.63, 3.8) is 0 Å². The van der Waals surface area contributed by atoms with Gasteiger partial charge in [0.1, 0.15) is 0 Å². The molecule has 4 rings (SSSR count). The van der Waals surface area contributed by atoms with E-state index in [1.807, 2.05) is 37.3 Å². The zero-order valence-electron chi connectivity index (χ0n) is 16.0. The third-order valence-corrected chi connectivity index (χ3v) is 6.52. The second-order valence-corrected chi connectivity index (χ2v) is 8.69. The molecular formula is C20H22N4O4S. The molecule has 2 heterocycles. The summed E-state index contributed by atoms with van der Waals surface area (Å²) in [6, 6.07) is 16.4. The molecule has 1 aliphatic rings. The van der Waals surface area contributed by atoms with Crippen LogP contribution in [0.1, 0.15) is 29.9 Å². The Morgan fingerprint density at radius 2 is 1.69 bits per heavy atom. The highest BCUT2D eigenvalue weighted by atomic mass is 32.2. The zero-order chi connectivity index (χ0) is 20.5. The van der Waals surface area contributed by atoms with Crippen molar-refractivity contribution in [2.45, 2.75) is 30.1 Å². The Kier molecular flexibility index (Phi) is 5.12. The van der Waals surface area contributed by atoms with Crippen molar-refractivity contribution in [1.82, 2.24) is 15.3 Å². The summed E-state index contributed by atoms with van der Waals surface area (Å²) >= 11 is 0. The minimum atomic E-state index is -3.88. The topological polar surface area (TPSA) is 112 Å². The third kappa shape index (κ3) is 3.89. The lowest BCUT2D eigenvalue weighted by atomic mass is 9.73. The molecule has 0 atom stereocenters. The first kappa shape index (κ1) is 19.6. The first-order chi connectivity index (χ1) is 13.9. The SMILES string of the molecule is Cc1ccc(S(=O)(=O)ON2CCC(c3ccccc3)(c3nnc(N)o3)CC2)cc1. The summed E-state index contributed by atoms with van der Waals surface area (Å²) < 4.78 is 36.2. The van der Waals surface area contributed by atoms with Crippen LogP contribution in [0.15, 0.2) is 63.9 Å². The molecule has 0 unspecified atom stereocenters. The van der Waals surface area contributed by atoms with Gasteiger partial charge in [-0.05, 0) is 37.5 Å². The predicted octanol–water partition coefficient (Wildman–Crippen LogP) is 2.66. The Hall–Kier alpha value is -2.75. The predicted molar refractivity (Wildman–Crippen MR) is 106 cm³/mol. The fraction of sp³-hybridized carbons (Fsp3) is 0.300. The fourth-order valence-electron chi connectivity index (χ4n) is 3.64. The van der Waals surface area contributed by atoms with Crippen molar-refractivity contribution >= 4 is 16.1 Å². The molecule has 1 aromatic heterocycles. The van der Waals surface area contributed by atoms with E-state index < -0.39 is 15.5 Å². The Morgan fingerprint density at radius 3 is 2.28 bits per heavy atom. The van der Waals surface area contributed by atoms with E-state index in [9.17, 15) is 8.42 Å². The number of nitrogen functional groups attached to an aromatic ring is 1. The minimum absolute atomic E-state index is 0.0101. The molecule has 0 aliphatic carbocycles. The summed E-state index contributed by atoms with van der Waals surface area (Å²) in [7, 11) is -3.88. The molecule has 152 valence electrons. The lowest BCUT2D eigenvalue weighted by molar-refractivity contribution is -0.0786. The third-order valence-electron chi connectivity index (χ3n) is 5.27. The lowest BCUT2D eigenvalue weighted by Crippen LogP contribution is -2.44. The smallest absolute Gasteiger partial charge is 0.313 e. The van der Waals surface area contributed by atoms with Gasteiger partial charge in [-0.25, -0.2) is 0 Å². The van der Waals surface area contributed by atoms with Gasteiger partial charge in [0.2, 0.25) is 5.89 Å². The Labute approximate surface area is 169 Å². The molecule has 1 saturated heterocycles. The van der Waals surface area contributed by atoms with E-state index in [1.54, 1.807) is 24.3 Å². The monoisotopic (exact) mass is 414 g/mol. The number of rotatable bonds is 5. The number of benzene rings is 2. The number of hydrogen-bond acceptors (Lipinski definition) is 8. The number of nitrogens with zero attached hydrogens (tertiary/aromatic N) is 3. The van der Waals surface area contributed by atoms with Crippen molar-refractivity contribution < 1.29 is 17.1 Å². The van der Waals surface area contributed by atoms with Gasteiger partial charge in [0.15, 0.2) is 0 Å². The van der Waals surface area contributed by atoms with E-state index >= 15 is 0 Å². The van der Waals surface area contributed by atoms with Gasteiger partial charge in [-0.3, -0.25) is 0 Å². The van der Waals surface area contributed by atoms with Crippen LogP contribution in [0.3, 0.4) is 0 Å². The van der Waals surface area contributed by atoms with Gasteiger partial charge >= 0.3 is 16.1 Å². The van der Waals surface area contributed by atoms with Crippen molar-refractivity contribution in [3.8, 4) is 0 Å². The fourth-order valence-corrected chi connectivity index (χ4v) is 4.62. The van der Waals surface area contributed by atoms with Crippen LogP contribution in [0.25, 0.3) is 0 Å². The molecule has 2 N–H and O–H groups in total. The maximum absolute atomic E-state index is 12.6. The first-order valence-corrected chi connectivity index (χ1v) is 10.7. The van der Waals surface area contributed by atoms with Crippen molar-refractivity contribution in [2.75, 3.05) is 18.8 Å². The Morgan fingerprint density at radius 1 is 1.03 bits per heavy atom. The minimum Gasteiger partial charge on any atom is -0.407 e. The quantitative estimate of drug-likeness (QED) is 0.678. The van der Waals surface area contributed by atoms with Crippen LogP contribution in [-0.2, 0) is 19.8 Å². The number of hydrogen-bond donors (Lipinski definition) is 1. The Bertz CT molecular complexity index is 1070. The van der Waals surface area contributed by atoms with Crippen LogP contribution in [-0.4, -0.2) is 36.8 Å². The number of anilines is 1. The summed E-state index contributed by atoms with van der Waals surface area (Å²) in [5.41, 5.74) is 7.11. The molecule has 2 aromatic carbocycles. The van der Waals surface area contributed by atoms with Gasteiger partial charge in [-0.2, -0.15) is 17.8 Å². The number of piperidine rings is 1. The summed E-state index contributed by atoms with van der Waals surface area (Å²) in [6.07, 6.45) is 1.09. The van der Waals surface area contributed by atoms with Gasteiger partial charge in [0.25, 0.3) is 0 Å². The maximum Gasteiger partial charge on any atom is 0.313 e. The van der Waals surface area contributed by atoms with Gasteiger partial charge in [0.05, 0.1) is 10.3 Å². The van der Waals surface area contributed by atoms with Gasteiger partial charge < -0.3 is 10.2 Å². The number of hydroxylamine groups is 2. The second kappa shape index (κ2) is 7.58. The molecular weight excluding hydrogens is 392 g/mol. The van der Waals surface area contributed by atoms with Crippen molar-refractivity contribution in [2.24, 2.45) is 0 Å². The molecule has 0 bridgehead atoms. The van der Waals surface area contributed by atoms with Crippen LogP contribution < -0.4 is 5.73 Å². The van der Waals surface area contributed by atoms with Crippen molar-refractivity contribution in [3.05, 3.63) is 71.6 Å². The molecule has 0 spiro atoms. The molecule has 0 saturated carbocycles. The van der Waals surface area contributed by atoms with E-state index in [0.717, 1.165) is 11.1 Å². The van der Waals surface area contributed by atoms with E-state index in [4.69, 9.17) is 14.4 Å². The second-order valence-electron chi connectivity index (χ2n) is 7.16. The average molecular weight is 414 g/mol. The molecule has 8 nitrogen and oxygen atoms in total. The largest absolute Gasteiger partial charge is 0.407 e. The first-order valence-electron chi connectivity index (χ1n) is 9.30. The van der Waals surface area contributed by atoms with E-state index in [2.05, 4.69) is 10.2 Å². The molecule has 3 aromatic rings. The normalized spacial score (nSPS) is 17.3. The molecule has 29 heavy (non-hydrogen) atoms.